The van der Waals surface area contributed by atoms with E-state index in [1.54, 1.807) is 24.3 Å². The topological polar surface area (TPSA) is 61.4 Å². The van der Waals surface area contributed by atoms with Crippen molar-refractivity contribution in [2.24, 2.45) is 5.92 Å². The van der Waals surface area contributed by atoms with Crippen LogP contribution in [0.2, 0.25) is 0 Å². The molecule has 0 bridgehead atoms. The lowest BCUT2D eigenvalue weighted by Crippen LogP contribution is -2.40. The van der Waals surface area contributed by atoms with Gasteiger partial charge in [-0.2, -0.15) is 0 Å². The molecule has 3 rings (SSSR count). The normalized spacial score (nSPS) is 14.6. The standard InChI is InChI=1S/C22H27N3O2/c1-16(19-8-9-19)25(14-18-6-4-3-5-7-18)15-22(27)24-21-12-10-20(11-13-21)23-17(2)26/h3-7,10-13,16,19H,8-9,14-15H2,1-2H3,(H,23,26)(H,24,27). The molecular formula is C22H27N3O2. The Bertz CT molecular complexity index is 770. The zero-order valence-electron chi connectivity index (χ0n) is 15.9. The molecular weight excluding hydrogens is 338 g/mol. The summed E-state index contributed by atoms with van der Waals surface area (Å²) in [5, 5.41) is 5.68. The first-order valence-corrected chi connectivity index (χ1v) is 9.47. The van der Waals surface area contributed by atoms with E-state index in [-0.39, 0.29) is 11.8 Å². The van der Waals surface area contributed by atoms with Gasteiger partial charge >= 0.3 is 0 Å². The van der Waals surface area contributed by atoms with Gasteiger partial charge < -0.3 is 10.6 Å². The van der Waals surface area contributed by atoms with Gasteiger partial charge in [-0.1, -0.05) is 30.3 Å². The molecule has 1 fully saturated rings. The number of nitrogens with zero attached hydrogens (tertiary/aromatic N) is 1. The van der Waals surface area contributed by atoms with E-state index < -0.39 is 0 Å². The third-order valence-corrected chi connectivity index (χ3v) is 4.94. The third kappa shape index (κ3) is 5.93. The van der Waals surface area contributed by atoms with Crippen LogP contribution in [-0.2, 0) is 16.1 Å². The summed E-state index contributed by atoms with van der Waals surface area (Å²) < 4.78 is 0. The second-order valence-corrected chi connectivity index (χ2v) is 7.28. The highest BCUT2D eigenvalue weighted by atomic mass is 16.2. The molecule has 1 aliphatic carbocycles. The van der Waals surface area contributed by atoms with Crippen molar-refractivity contribution in [1.82, 2.24) is 4.90 Å². The molecule has 1 aliphatic rings. The molecule has 1 atom stereocenters. The largest absolute Gasteiger partial charge is 0.326 e. The molecule has 2 aromatic rings. The number of carbonyl (C=O) groups excluding carboxylic acids is 2. The molecule has 5 nitrogen and oxygen atoms in total. The van der Waals surface area contributed by atoms with Crippen molar-refractivity contribution in [1.29, 1.82) is 0 Å². The average molecular weight is 365 g/mol. The van der Waals surface area contributed by atoms with Gasteiger partial charge in [0.25, 0.3) is 0 Å². The lowest BCUT2D eigenvalue weighted by Gasteiger charge is -2.28. The highest BCUT2D eigenvalue weighted by Crippen LogP contribution is 2.35. The minimum absolute atomic E-state index is 0.0225. The summed E-state index contributed by atoms with van der Waals surface area (Å²) in [6.07, 6.45) is 2.50. The molecule has 142 valence electrons. The van der Waals surface area contributed by atoms with Crippen LogP contribution in [0.4, 0.5) is 11.4 Å². The molecule has 0 radical (unpaired) electrons. The first kappa shape index (κ1) is 19.1. The molecule has 0 aliphatic heterocycles. The highest BCUT2D eigenvalue weighted by Gasteiger charge is 2.32. The maximum absolute atomic E-state index is 12.6. The van der Waals surface area contributed by atoms with E-state index in [9.17, 15) is 9.59 Å². The van der Waals surface area contributed by atoms with Gasteiger partial charge in [0.15, 0.2) is 0 Å². The number of carbonyl (C=O) groups is 2. The number of rotatable bonds is 8. The third-order valence-electron chi connectivity index (χ3n) is 4.94. The Morgan fingerprint density at radius 1 is 1.00 bits per heavy atom. The van der Waals surface area contributed by atoms with E-state index in [4.69, 9.17) is 0 Å². The first-order chi connectivity index (χ1) is 13.0. The van der Waals surface area contributed by atoms with Crippen LogP contribution in [0.1, 0.15) is 32.3 Å². The number of anilines is 2. The Labute approximate surface area is 160 Å². The zero-order chi connectivity index (χ0) is 19.2. The van der Waals surface area contributed by atoms with Crippen LogP contribution in [-0.4, -0.2) is 29.3 Å². The van der Waals surface area contributed by atoms with Gasteiger partial charge in [0.2, 0.25) is 11.8 Å². The number of hydrogen-bond donors (Lipinski definition) is 2. The Balaban J connectivity index is 1.60. The molecule has 2 N–H and O–H groups in total. The minimum Gasteiger partial charge on any atom is -0.326 e. The van der Waals surface area contributed by atoms with Crippen molar-refractivity contribution >= 4 is 23.2 Å². The van der Waals surface area contributed by atoms with Gasteiger partial charge in [-0.3, -0.25) is 14.5 Å². The second-order valence-electron chi connectivity index (χ2n) is 7.28. The quantitative estimate of drug-likeness (QED) is 0.746. The molecule has 1 saturated carbocycles. The van der Waals surface area contributed by atoms with E-state index in [1.807, 2.05) is 18.2 Å². The van der Waals surface area contributed by atoms with Gasteiger partial charge in [-0.05, 0) is 55.5 Å². The van der Waals surface area contributed by atoms with Crippen molar-refractivity contribution < 1.29 is 9.59 Å². The summed E-state index contributed by atoms with van der Waals surface area (Å²) in [4.78, 5) is 25.9. The van der Waals surface area contributed by atoms with Crippen molar-refractivity contribution in [3.8, 4) is 0 Å². The van der Waals surface area contributed by atoms with Gasteiger partial charge in [0, 0.05) is 30.9 Å². The molecule has 0 saturated heterocycles. The molecule has 1 unspecified atom stereocenters. The first-order valence-electron chi connectivity index (χ1n) is 9.47. The average Bonchev–Trinajstić information content (AvgIpc) is 3.48. The molecule has 0 heterocycles. The lowest BCUT2D eigenvalue weighted by molar-refractivity contribution is -0.118. The van der Waals surface area contributed by atoms with Crippen LogP contribution in [0.15, 0.2) is 54.6 Å². The number of hydrogen-bond acceptors (Lipinski definition) is 3. The van der Waals surface area contributed by atoms with Crippen LogP contribution >= 0.6 is 0 Å². The van der Waals surface area contributed by atoms with E-state index in [0.717, 1.165) is 12.2 Å². The summed E-state index contributed by atoms with van der Waals surface area (Å²) >= 11 is 0. The number of benzene rings is 2. The van der Waals surface area contributed by atoms with Crippen LogP contribution in [0.25, 0.3) is 0 Å². The molecule has 5 heteroatoms. The maximum atomic E-state index is 12.6. The van der Waals surface area contributed by atoms with Crippen LogP contribution in [0.3, 0.4) is 0 Å². The smallest absolute Gasteiger partial charge is 0.238 e. The maximum Gasteiger partial charge on any atom is 0.238 e. The van der Waals surface area contributed by atoms with E-state index in [2.05, 4.69) is 34.6 Å². The lowest BCUT2D eigenvalue weighted by atomic mass is 10.1. The van der Waals surface area contributed by atoms with Crippen LogP contribution in [0.5, 0.6) is 0 Å². The molecule has 27 heavy (non-hydrogen) atoms. The Hall–Kier alpha value is -2.66. The number of nitrogens with one attached hydrogen (secondary N) is 2. The van der Waals surface area contributed by atoms with E-state index in [0.29, 0.717) is 24.2 Å². The van der Waals surface area contributed by atoms with Gasteiger partial charge in [-0.15, -0.1) is 0 Å². The second kappa shape index (κ2) is 8.82. The van der Waals surface area contributed by atoms with Gasteiger partial charge in [0.05, 0.1) is 6.54 Å². The van der Waals surface area contributed by atoms with Gasteiger partial charge in [-0.25, -0.2) is 0 Å². The summed E-state index contributed by atoms with van der Waals surface area (Å²) in [5.74, 6) is 0.557. The fraction of sp³-hybridized carbons (Fsp3) is 0.364. The number of amides is 2. The Kier molecular flexibility index (Phi) is 6.24. The molecule has 2 amide bonds. The van der Waals surface area contributed by atoms with Crippen LogP contribution < -0.4 is 10.6 Å². The van der Waals surface area contributed by atoms with Crippen LogP contribution in [0, 0.1) is 5.92 Å². The SMILES string of the molecule is CC(=O)Nc1ccc(NC(=O)CN(Cc2ccccc2)C(C)C2CC2)cc1. The molecule has 0 aromatic heterocycles. The van der Waals surface area contributed by atoms with E-state index >= 15 is 0 Å². The Morgan fingerprint density at radius 3 is 2.15 bits per heavy atom. The zero-order valence-corrected chi connectivity index (χ0v) is 15.9. The fourth-order valence-corrected chi connectivity index (χ4v) is 3.26. The monoisotopic (exact) mass is 365 g/mol. The van der Waals surface area contributed by atoms with E-state index in [1.165, 1.54) is 25.3 Å². The minimum atomic E-state index is -0.114. The molecule has 0 spiro atoms. The predicted molar refractivity (Wildman–Crippen MR) is 108 cm³/mol. The van der Waals surface area contributed by atoms with Gasteiger partial charge in [0.1, 0.15) is 0 Å². The summed E-state index contributed by atoms with van der Waals surface area (Å²) in [7, 11) is 0. The summed E-state index contributed by atoms with van der Waals surface area (Å²) in [5.41, 5.74) is 2.67. The summed E-state index contributed by atoms with van der Waals surface area (Å²) in [6.45, 7) is 4.82. The Morgan fingerprint density at radius 2 is 1.59 bits per heavy atom. The van der Waals surface area contributed by atoms with Crippen molar-refractivity contribution in [2.45, 2.75) is 39.3 Å². The predicted octanol–water partition coefficient (Wildman–Crippen LogP) is 3.88. The fourth-order valence-electron chi connectivity index (χ4n) is 3.26. The van der Waals surface area contributed by atoms with Crippen molar-refractivity contribution in [3.63, 3.8) is 0 Å². The van der Waals surface area contributed by atoms with Crippen molar-refractivity contribution in [3.05, 3.63) is 60.2 Å². The highest BCUT2D eigenvalue weighted by molar-refractivity contribution is 5.93. The molecule has 2 aromatic carbocycles. The summed E-state index contributed by atoms with van der Waals surface area (Å²) in [6, 6.07) is 17.8. The van der Waals surface area contributed by atoms with Crippen molar-refractivity contribution in [2.75, 3.05) is 17.2 Å².